The number of carbonyl (C=O) groups excluding carboxylic acids is 2. The second-order valence-corrected chi connectivity index (χ2v) is 4.53. The van der Waals surface area contributed by atoms with Crippen LogP contribution in [0.4, 0.5) is 0 Å². The molecule has 1 saturated heterocycles. The molecule has 6 heteroatoms. The van der Waals surface area contributed by atoms with Gasteiger partial charge < -0.3 is 10.2 Å². The lowest BCUT2D eigenvalue weighted by molar-refractivity contribution is -0.129. The van der Waals surface area contributed by atoms with E-state index in [1.54, 1.807) is 11.0 Å². The number of aromatic nitrogens is 1. The molecule has 0 radical (unpaired) electrons. The van der Waals surface area contributed by atoms with Crippen molar-refractivity contribution in [2.24, 2.45) is 0 Å². The first kappa shape index (κ1) is 12.8. The van der Waals surface area contributed by atoms with Crippen molar-refractivity contribution in [3.63, 3.8) is 0 Å². The van der Waals surface area contributed by atoms with Crippen molar-refractivity contribution in [3.05, 3.63) is 29.0 Å². The highest BCUT2D eigenvalue weighted by molar-refractivity contribution is 6.33. The van der Waals surface area contributed by atoms with Gasteiger partial charge in [0.05, 0.1) is 17.1 Å². The van der Waals surface area contributed by atoms with Crippen molar-refractivity contribution in [3.8, 4) is 0 Å². The summed E-state index contributed by atoms with van der Waals surface area (Å²) in [6.07, 6.45) is 4.97. The van der Waals surface area contributed by atoms with Crippen LogP contribution in [0.2, 0.25) is 5.02 Å². The first-order valence-corrected chi connectivity index (χ1v) is 6.22. The van der Waals surface area contributed by atoms with Crippen LogP contribution < -0.4 is 5.32 Å². The number of rotatable bonds is 3. The fourth-order valence-corrected chi connectivity index (χ4v) is 2.06. The van der Waals surface area contributed by atoms with Crippen LogP contribution in [0.25, 0.3) is 0 Å². The molecule has 2 heterocycles. The Morgan fingerprint density at radius 1 is 1.39 bits per heavy atom. The minimum atomic E-state index is -0.374. The maximum absolute atomic E-state index is 11.8. The Hall–Kier alpha value is -1.62. The van der Waals surface area contributed by atoms with Crippen LogP contribution in [0.3, 0.4) is 0 Å². The molecule has 2 amide bonds. The molecule has 1 aliphatic rings. The van der Waals surface area contributed by atoms with E-state index in [2.05, 4.69) is 10.3 Å². The number of hydrogen-bond acceptors (Lipinski definition) is 3. The van der Waals surface area contributed by atoms with E-state index in [0.717, 1.165) is 25.9 Å². The zero-order valence-corrected chi connectivity index (χ0v) is 10.6. The van der Waals surface area contributed by atoms with Gasteiger partial charge in [-0.15, -0.1) is 0 Å². The zero-order chi connectivity index (χ0) is 13.0. The summed E-state index contributed by atoms with van der Waals surface area (Å²) in [5.41, 5.74) is 0.286. The number of carbonyl (C=O) groups is 2. The van der Waals surface area contributed by atoms with Gasteiger partial charge in [-0.05, 0) is 18.9 Å². The lowest BCUT2D eigenvalue weighted by Gasteiger charge is -2.15. The Bertz CT molecular complexity index is 458. The quantitative estimate of drug-likeness (QED) is 0.892. The third-order valence-corrected chi connectivity index (χ3v) is 3.20. The van der Waals surface area contributed by atoms with E-state index in [4.69, 9.17) is 11.6 Å². The molecular formula is C12H14ClN3O2. The van der Waals surface area contributed by atoms with Gasteiger partial charge in [-0.25, -0.2) is 0 Å². The lowest BCUT2D eigenvalue weighted by Crippen LogP contribution is -2.38. The van der Waals surface area contributed by atoms with E-state index in [1.165, 1.54) is 12.4 Å². The molecular weight excluding hydrogens is 254 g/mol. The first-order chi connectivity index (χ1) is 8.68. The molecule has 0 unspecified atom stereocenters. The van der Waals surface area contributed by atoms with Gasteiger partial charge in [-0.1, -0.05) is 11.6 Å². The summed E-state index contributed by atoms with van der Waals surface area (Å²) in [6, 6.07) is 1.54. The van der Waals surface area contributed by atoms with Gasteiger partial charge >= 0.3 is 0 Å². The molecule has 0 aromatic carbocycles. The summed E-state index contributed by atoms with van der Waals surface area (Å²) in [5.74, 6) is -0.429. The van der Waals surface area contributed by atoms with Crippen LogP contribution in [-0.4, -0.2) is 41.3 Å². The van der Waals surface area contributed by atoms with Crippen molar-refractivity contribution in [1.82, 2.24) is 15.2 Å². The summed E-state index contributed by atoms with van der Waals surface area (Å²) >= 11 is 5.87. The Morgan fingerprint density at radius 3 is 2.78 bits per heavy atom. The van der Waals surface area contributed by atoms with Gasteiger partial charge in [-0.3, -0.25) is 14.6 Å². The Labute approximate surface area is 110 Å². The predicted molar refractivity (Wildman–Crippen MR) is 67.4 cm³/mol. The number of nitrogens with one attached hydrogen (secondary N) is 1. The summed E-state index contributed by atoms with van der Waals surface area (Å²) in [6.45, 7) is 1.56. The number of hydrogen-bond donors (Lipinski definition) is 1. The van der Waals surface area contributed by atoms with E-state index < -0.39 is 0 Å². The Morgan fingerprint density at radius 2 is 2.11 bits per heavy atom. The molecule has 0 saturated carbocycles. The van der Waals surface area contributed by atoms with Crippen LogP contribution in [0.1, 0.15) is 23.2 Å². The number of pyridine rings is 1. The van der Waals surface area contributed by atoms with E-state index >= 15 is 0 Å². The summed E-state index contributed by atoms with van der Waals surface area (Å²) < 4.78 is 0. The van der Waals surface area contributed by atoms with Gasteiger partial charge in [0.15, 0.2) is 0 Å². The average molecular weight is 268 g/mol. The predicted octanol–water partition coefficient (Wildman–Crippen LogP) is 1.09. The van der Waals surface area contributed by atoms with Crippen molar-refractivity contribution in [1.29, 1.82) is 0 Å². The summed E-state index contributed by atoms with van der Waals surface area (Å²) in [5, 5.41) is 2.89. The normalized spacial score (nSPS) is 14.6. The third kappa shape index (κ3) is 2.98. The molecule has 1 fully saturated rings. The second kappa shape index (κ2) is 5.82. The SMILES string of the molecule is O=C(NCC(=O)N1CCCC1)c1cnccc1Cl. The zero-order valence-electron chi connectivity index (χ0n) is 9.86. The molecule has 1 aromatic heterocycles. The molecule has 0 atom stereocenters. The maximum atomic E-state index is 11.8. The summed E-state index contributed by atoms with van der Waals surface area (Å²) in [4.78, 5) is 29.1. The molecule has 0 spiro atoms. The highest BCUT2D eigenvalue weighted by Gasteiger charge is 2.19. The topological polar surface area (TPSA) is 62.3 Å². The number of halogens is 1. The lowest BCUT2D eigenvalue weighted by atomic mass is 10.2. The van der Waals surface area contributed by atoms with Gasteiger partial charge in [0, 0.05) is 25.5 Å². The number of nitrogens with zero attached hydrogens (tertiary/aromatic N) is 2. The van der Waals surface area contributed by atoms with Crippen LogP contribution in [0.5, 0.6) is 0 Å². The molecule has 1 aliphatic heterocycles. The molecule has 1 aromatic rings. The Balaban J connectivity index is 1.88. The van der Waals surface area contributed by atoms with Crippen molar-refractivity contribution in [2.75, 3.05) is 19.6 Å². The van der Waals surface area contributed by atoms with Gasteiger partial charge in [0.25, 0.3) is 5.91 Å². The molecule has 2 rings (SSSR count). The van der Waals surface area contributed by atoms with Crippen LogP contribution >= 0.6 is 11.6 Å². The van der Waals surface area contributed by atoms with Gasteiger partial charge in [-0.2, -0.15) is 0 Å². The first-order valence-electron chi connectivity index (χ1n) is 5.84. The van der Waals surface area contributed by atoms with E-state index in [0.29, 0.717) is 5.02 Å². The smallest absolute Gasteiger partial charge is 0.254 e. The average Bonchev–Trinajstić information content (AvgIpc) is 2.90. The van der Waals surface area contributed by atoms with Crippen molar-refractivity contribution >= 4 is 23.4 Å². The highest BCUT2D eigenvalue weighted by Crippen LogP contribution is 2.13. The second-order valence-electron chi connectivity index (χ2n) is 4.13. The standard InChI is InChI=1S/C12H14ClN3O2/c13-10-3-4-14-7-9(10)12(18)15-8-11(17)16-5-1-2-6-16/h3-4,7H,1-2,5-6,8H2,(H,15,18). The van der Waals surface area contributed by atoms with Crippen LogP contribution in [0.15, 0.2) is 18.5 Å². The largest absolute Gasteiger partial charge is 0.343 e. The molecule has 96 valence electrons. The monoisotopic (exact) mass is 267 g/mol. The van der Waals surface area contributed by atoms with Crippen LogP contribution in [0, 0.1) is 0 Å². The van der Waals surface area contributed by atoms with Crippen molar-refractivity contribution < 1.29 is 9.59 Å². The molecule has 1 N–H and O–H groups in total. The minimum Gasteiger partial charge on any atom is -0.343 e. The highest BCUT2D eigenvalue weighted by atomic mass is 35.5. The van der Waals surface area contributed by atoms with Crippen molar-refractivity contribution in [2.45, 2.75) is 12.8 Å². The third-order valence-electron chi connectivity index (χ3n) is 2.87. The fraction of sp³-hybridized carbons (Fsp3) is 0.417. The number of likely N-dealkylation sites (tertiary alicyclic amines) is 1. The fourth-order valence-electron chi connectivity index (χ4n) is 1.87. The maximum Gasteiger partial charge on any atom is 0.254 e. The molecule has 18 heavy (non-hydrogen) atoms. The minimum absolute atomic E-state index is 0.00402. The van der Waals surface area contributed by atoms with E-state index in [9.17, 15) is 9.59 Å². The van der Waals surface area contributed by atoms with E-state index in [1.807, 2.05) is 0 Å². The van der Waals surface area contributed by atoms with Crippen LogP contribution in [-0.2, 0) is 4.79 Å². The van der Waals surface area contributed by atoms with Gasteiger partial charge in [0.2, 0.25) is 5.91 Å². The van der Waals surface area contributed by atoms with E-state index in [-0.39, 0.29) is 23.9 Å². The molecule has 0 aliphatic carbocycles. The molecule has 5 nitrogen and oxygen atoms in total. The Kier molecular flexibility index (Phi) is 4.15. The number of amides is 2. The molecule has 0 bridgehead atoms. The van der Waals surface area contributed by atoms with Gasteiger partial charge in [0.1, 0.15) is 0 Å². The summed E-state index contributed by atoms with van der Waals surface area (Å²) in [7, 11) is 0.